The molecule has 3 N–H and O–H groups in total. The molecule has 1 amide bonds. The average molecular weight is 245 g/mol. The van der Waals surface area contributed by atoms with E-state index in [0.29, 0.717) is 18.0 Å². The second-order valence-corrected chi connectivity index (χ2v) is 4.25. The molecule has 0 bridgehead atoms. The van der Waals surface area contributed by atoms with E-state index < -0.39 is 0 Å². The van der Waals surface area contributed by atoms with Crippen molar-refractivity contribution in [2.75, 3.05) is 19.4 Å². The molecule has 1 aliphatic rings. The minimum absolute atomic E-state index is 0.0594. The first-order valence-corrected chi connectivity index (χ1v) is 5.77. The summed E-state index contributed by atoms with van der Waals surface area (Å²) < 4.78 is 5.41. The van der Waals surface area contributed by atoms with E-state index in [1.807, 2.05) is 0 Å². The zero-order valence-corrected chi connectivity index (χ0v) is 9.76. The molecule has 1 rings (SSSR count). The van der Waals surface area contributed by atoms with Crippen LogP contribution in [0.1, 0.15) is 0 Å². The lowest BCUT2D eigenvalue weighted by molar-refractivity contribution is -0.126. The molecule has 6 nitrogen and oxygen atoms in total. The highest BCUT2D eigenvalue weighted by Gasteiger charge is 2.28. The summed E-state index contributed by atoms with van der Waals surface area (Å²) in [6.07, 6.45) is 3.33. The number of amidine groups is 1. The van der Waals surface area contributed by atoms with Crippen LogP contribution in [-0.4, -0.2) is 53.3 Å². The molecular weight excluding hydrogens is 230 g/mol. The zero-order chi connectivity index (χ0) is 12.0. The Morgan fingerprint density at radius 1 is 1.81 bits per heavy atom. The van der Waals surface area contributed by atoms with Gasteiger partial charge in [-0.25, -0.2) is 0 Å². The van der Waals surface area contributed by atoms with E-state index in [4.69, 9.17) is 15.6 Å². The lowest BCUT2D eigenvalue weighted by Crippen LogP contribution is -2.32. The lowest BCUT2D eigenvalue weighted by atomic mass is 10.5. The van der Waals surface area contributed by atoms with Gasteiger partial charge in [0.05, 0.1) is 6.61 Å². The number of nitrogens with two attached hydrogens (primary N) is 1. The van der Waals surface area contributed by atoms with Crippen molar-refractivity contribution in [1.29, 1.82) is 0 Å². The van der Waals surface area contributed by atoms with E-state index in [2.05, 4.69) is 4.99 Å². The molecule has 2 unspecified atom stereocenters. The summed E-state index contributed by atoms with van der Waals surface area (Å²) >= 11 is 1.47. The number of carbonyl (C=O) groups is 1. The van der Waals surface area contributed by atoms with Gasteiger partial charge in [0.1, 0.15) is 17.5 Å². The van der Waals surface area contributed by atoms with Gasteiger partial charge in [-0.05, 0) is 6.08 Å². The van der Waals surface area contributed by atoms with Crippen LogP contribution in [-0.2, 0) is 9.53 Å². The van der Waals surface area contributed by atoms with Crippen LogP contribution in [0.25, 0.3) is 0 Å². The van der Waals surface area contributed by atoms with Crippen LogP contribution < -0.4 is 5.73 Å². The molecule has 0 radical (unpaired) electrons. The molecule has 1 fully saturated rings. The Morgan fingerprint density at radius 2 is 2.56 bits per heavy atom. The first-order valence-electron chi connectivity index (χ1n) is 4.72. The van der Waals surface area contributed by atoms with Crippen molar-refractivity contribution in [1.82, 2.24) is 4.90 Å². The van der Waals surface area contributed by atoms with E-state index in [9.17, 15) is 4.79 Å². The minimum atomic E-state index is -0.361. The van der Waals surface area contributed by atoms with Crippen molar-refractivity contribution in [3.8, 4) is 0 Å². The van der Waals surface area contributed by atoms with Gasteiger partial charge in [0.25, 0.3) is 0 Å². The highest BCUT2D eigenvalue weighted by molar-refractivity contribution is 8.00. The molecule has 0 spiro atoms. The predicted molar refractivity (Wildman–Crippen MR) is 62.8 cm³/mol. The molecule has 0 aliphatic carbocycles. The number of aliphatic hydroxyl groups excluding tert-OH is 1. The van der Waals surface area contributed by atoms with Crippen LogP contribution in [0.4, 0.5) is 0 Å². The Morgan fingerprint density at radius 3 is 3.06 bits per heavy atom. The number of ether oxygens (including phenoxy) is 1. The van der Waals surface area contributed by atoms with Crippen molar-refractivity contribution in [2.24, 2.45) is 10.7 Å². The topological polar surface area (TPSA) is 88.2 Å². The van der Waals surface area contributed by atoms with Gasteiger partial charge in [-0.2, -0.15) is 0 Å². The van der Waals surface area contributed by atoms with Crippen LogP contribution in [0.2, 0.25) is 0 Å². The third kappa shape index (κ3) is 3.51. The van der Waals surface area contributed by atoms with Crippen LogP contribution in [0.3, 0.4) is 0 Å². The number of thioether (sulfide) groups is 1. The summed E-state index contributed by atoms with van der Waals surface area (Å²) in [6, 6.07) is 0. The van der Waals surface area contributed by atoms with Gasteiger partial charge < -0.3 is 15.6 Å². The Balaban J connectivity index is 2.55. The normalized spacial score (nSPS) is 26.2. The molecule has 0 aromatic rings. The van der Waals surface area contributed by atoms with E-state index in [-0.39, 0.29) is 18.3 Å². The third-order valence-corrected chi connectivity index (χ3v) is 3.12. The van der Waals surface area contributed by atoms with Gasteiger partial charge in [0, 0.05) is 19.0 Å². The molecule has 0 aromatic carbocycles. The molecule has 0 saturated carbocycles. The number of hydrogen-bond acceptors (Lipinski definition) is 5. The minimum Gasteiger partial charge on any atom is -0.393 e. The summed E-state index contributed by atoms with van der Waals surface area (Å²) in [5.74, 6) is 0.952. The van der Waals surface area contributed by atoms with E-state index in [0.717, 1.165) is 0 Å². The van der Waals surface area contributed by atoms with Gasteiger partial charge in [0.2, 0.25) is 6.41 Å². The first-order chi connectivity index (χ1) is 7.71. The van der Waals surface area contributed by atoms with Crippen molar-refractivity contribution < 1.29 is 14.6 Å². The Kier molecular flexibility index (Phi) is 5.30. The van der Waals surface area contributed by atoms with Crippen LogP contribution in [0.5, 0.6) is 0 Å². The van der Waals surface area contributed by atoms with Gasteiger partial charge in [-0.1, -0.05) is 0 Å². The summed E-state index contributed by atoms with van der Waals surface area (Å²) in [7, 11) is 1.56. The van der Waals surface area contributed by atoms with Crippen molar-refractivity contribution >= 4 is 24.0 Å². The lowest BCUT2D eigenvalue weighted by Gasteiger charge is -2.19. The Labute approximate surface area is 98.2 Å². The quantitative estimate of drug-likeness (QED) is 0.382. The number of amides is 1. The fourth-order valence-electron chi connectivity index (χ4n) is 1.13. The maximum absolute atomic E-state index is 10.8. The molecule has 1 aliphatic heterocycles. The molecule has 7 heteroatoms. The highest BCUT2D eigenvalue weighted by atomic mass is 32.2. The summed E-state index contributed by atoms with van der Waals surface area (Å²) in [5, 5.41) is 8.88. The summed E-state index contributed by atoms with van der Waals surface area (Å²) in [6.45, 7) is -0.0594. The number of aliphatic hydroxyl groups is 1. The SMILES string of the molecule is CN=C(N)/C=C\N(C=O)C1CSC(CO)O1. The van der Waals surface area contributed by atoms with Crippen LogP contribution in [0, 0.1) is 0 Å². The Bertz CT molecular complexity index is 296. The number of hydrogen-bond donors (Lipinski definition) is 2. The summed E-state index contributed by atoms with van der Waals surface area (Å²) in [4.78, 5) is 15.9. The second kappa shape index (κ2) is 6.51. The van der Waals surface area contributed by atoms with Crippen molar-refractivity contribution in [3.63, 3.8) is 0 Å². The maximum Gasteiger partial charge on any atom is 0.215 e. The largest absolute Gasteiger partial charge is 0.393 e. The van der Waals surface area contributed by atoms with Gasteiger partial charge in [-0.3, -0.25) is 14.7 Å². The highest BCUT2D eigenvalue weighted by Crippen LogP contribution is 2.26. The average Bonchev–Trinajstić information content (AvgIpc) is 2.78. The van der Waals surface area contributed by atoms with Gasteiger partial charge in [0.15, 0.2) is 0 Å². The number of carbonyl (C=O) groups excluding carboxylic acids is 1. The molecule has 16 heavy (non-hydrogen) atoms. The fraction of sp³-hybridized carbons (Fsp3) is 0.556. The van der Waals surface area contributed by atoms with Crippen LogP contribution in [0.15, 0.2) is 17.3 Å². The monoisotopic (exact) mass is 245 g/mol. The van der Waals surface area contributed by atoms with E-state index in [1.54, 1.807) is 7.05 Å². The van der Waals surface area contributed by atoms with Crippen molar-refractivity contribution in [2.45, 2.75) is 11.7 Å². The zero-order valence-electron chi connectivity index (χ0n) is 8.94. The maximum atomic E-state index is 10.8. The predicted octanol–water partition coefficient (Wildman–Crippen LogP) is -0.647. The molecular formula is C9H15N3O3S. The Hall–Kier alpha value is -1.05. The van der Waals surface area contributed by atoms with Gasteiger partial charge in [-0.15, -0.1) is 11.8 Å². The molecule has 1 saturated heterocycles. The number of nitrogens with zero attached hydrogens (tertiary/aromatic N) is 2. The third-order valence-electron chi connectivity index (χ3n) is 2.01. The molecule has 90 valence electrons. The molecule has 1 heterocycles. The molecule has 2 atom stereocenters. The second-order valence-electron chi connectivity index (χ2n) is 3.05. The van der Waals surface area contributed by atoms with Crippen molar-refractivity contribution in [3.05, 3.63) is 12.3 Å². The standard InChI is InChI=1S/C9H15N3O3S/c1-11-7(10)2-3-12(6-14)8-5-16-9(4-13)15-8/h2-3,6,8-9,13H,4-5H2,1H3,(H2,10,11)/b3-2-. The number of aliphatic imine (C=N–C) groups is 1. The van der Waals surface area contributed by atoms with Gasteiger partial charge >= 0.3 is 0 Å². The van der Waals surface area contributed by atoms with E-state index in [1.165, 1.54) is 28.9 Å². The number of rotatable bonds is 5. The fourth-order valence-corrected chi connectivity index (χ4v) is 2.07. The smallest absolute Gasteiger partial charge is 0.215 e. The molecule has 0 aromatic heterocycles. The van der Waals surface area contributed by atoms with E-state index >= 15 is 0 Å². The first kappa shape index (κ1) is 13.0. The summed E-state index contributed by atoms with van der Waals surface area (Å²) in [5.41, 5.74) is 5.20. The van der Waals surface area contributed by atoms with Crippen LogP contribution >= 0.6 is 11.8 Å².